The predicted molar refractivity (Wildman–Crippen MR) is 90.7 cm³/mol. The second kappa shape index (κ2) is 8.66. The summed E-state index contributed by atoms with van der Waals surface area (Å²) in [6.07, 6.45) is 11.9. The number of nitrogens with zero attached hydrogens (tertiary/aromatic N) is 3. The Morgan fingerprint density at radius 1 is 1.09 bits per heavy atom. The Morgan fingerprint density at radius 2 is 1.91 bits per heavy atom. The maximum absolute atomic E-state index is 4.34. The Kier molecular flexibility index (Phi) is 6.55. The predicted octanol–water partition coefficient (Wildman–Crippen LogP) is 2.97. The summed E-state index contributed by atoms with van der Waals surface area (Å²) < 4.78 is 0. The number of hydrogen-bond acceptors (Lipinski definition) is 5. The van der Waals surface area contributed by atoms with Crippen LogP contribution in [0.3, 0.4) is 0 Å². The third kappa shape index (κ3) is 4.93. The van der Waals surface area contributed by atoms with Crippen molar-refractivity contribution >= 4 is 24.0 Å². The zero-order valence-corrected chi connectivity index (χ0v) is 13.4. The van der Waals surface area contributed by atoms with Gasteiger partial charge in [0, 0.05) is 18.6 Å². The lowest BCUT2D eigenvalue weighted by atomic mass is 9.91. The minimum absolute atomic E-state index is 0. The van der Waals surface area contributed by atoms with Crippen LogP contribution >= 0.6 is 12.4 Å². The average molecular weight is 320 g/mol. The summed E-state index contributed by atoms with van der Waals surface area (Å²) in [6, 6.07) is 4.21. The van der Waals surface area contributed by atoms with Crippen LogP contribution in [0.2, 0.25) is 0 Å². The van der Waals surface area contributed by atoms with Gasteiger partial charge < -0.3 is 10.6 Å². The van der Waals surface area contributed by atoms with Crippen molar-refractivity contribution in [2.24, 2.45) is 5.92 Å². The third-order valence-electron chi connectivity index (χ3n) is 3.94. The molecule has 2 aromatic rings. The van der Waals surface area contributed by atoms with Gasteiger partial charge in [0.25, 0.3) is 0 Å². The highest BCUT2D eigenvalue weighted by molar-refractivity contribution is 5.85. The van der Waals surface area contributed by atoms with Crippen molar-refractivity contribution in [2.75, 3.05) is 18.4 Å². The first-order chi connectivity index (χ1) is 10.4. The summed E-state index contributed by atoms with van der Waals surface area (Å²) in [4.78, 5) is 12.6. The summed E-state index contributed by atoms with van der Waals surface area (Å²) in [5.41, 5.74) is 1.33. The van der Waals surface area contributed by atoms with Crippen LogP contribution in [0.15, 0.2) is 36.9 Å². The zero-order chi connectivity index (χ0) is 14.3. The lowest BCUT2D eigenvalue weighted by molar-refractivity contribution is 0.354. The Morgan fingerprint density at radius 3 is 2.68 bits per heavy atom. The summed E-state index contributed by atoms with van der Waals surface area (Å²) in [7, 11) is 0. The van der Waals surface area contributed by atoms with E-state index in [0.717, 1.165) is 24.0 Å². The minimum atomic E-state index is 0. The number of pyridine rings is 1. The second-order valence-electron chi connectivity index (χ2n) is 5.50. The number of rotatable bonds is 5. The molecular weight excluding hydrogens is 298 g/mol. The van der Waals surface area contributed by atoms with Gasteiger partial charge in [-0.1, -0.05) is 0 Å². The van der Waals surface area contributed by atoms with Crippen molar-refractivity contribution in [3.63, 3.8) is 0 Å². The molecule has 2 N–H and O–H groups in total. The highest BCUT2D eigenvalue weighted by Gasteiger charge is 2.12. The van der Waals surface area contributed by atoms with Crippen molar-refractivity contribution < 1.29 is 0 Å². The Balaban J connectivity index is 0.00000176. The molecule has 1 aliphatic heterocycles. The molecule has 3 rings (SSSR count). The van der Waals surface area contributed by atoms with Crippen LogP contribution in [0.25, 0.3) is 0 Å². The van der Waals surface area contributed by atoms with Crippen LogP contribution in [0, 0.1) is 5.92 Å². The molecule has 0 spiro atoms. The van der Waals surface area contributed by atoms with E-state index in [1.807, 2.05) is 6.20 Å². The molecule has 1 fully saturated rings. The van der Waals surface area contributed by atoms with Crippen molar-refractivity contribution in [1.29, 1.82) is 0 Å². The standard InChI is InChI=1S/C16H21N5.ClH/c1(13-3-6-17-7-4-13)2-14-5-8-19-15(11-14)21-16-12-18-9-10-20-16;/h5,8-13,17H,1-4,6-7H2,(H,19,20,21);1H. The first-order valence-electron chi connectivity index (χ1n) is 7.59. The van der Waals surface area contributed by atoms with Crippen LogP contribution in [0.4, 0.5) is 11.6 Å². The monoisotopic (exact) mass is 319 g/mol. The third-order valence-corrected chi connectivity index (χ3v) is 3.94. The van der Waals surface area contributed by atoms with Crippen molar-refractivity contribution in [2.45, 2.75) is 25.7 Å². The van der Waals surface area contributed by atoms with Crippen LogP contribution in [-0.4, -0.2) is 28.0 Å². The van der Waals surface area contributed by atoms with Gasteiger partial charge >= 0.3 is 0 Å². The topological polar surface area (TPSA) is 62.7 Å². The van der Waals surface area contributed by atoms with Crippen molar-refractivity contribution in [1.82, 2.24) is 20.3 Å². The summed E-state index contributed by atoms with van der Waals surface area (Å²) >= 11 is 0. The summed E-state index contributed by atoms with van der Waals surface area (Å²) in [5.74, 6) is 2.41. The van der Waals surface area contributed by atoms with Crippen LogP contribution < -0.4 is 10.6 Å². The Hall–Kier alpha value is -1.72. The molecule has 0 aromatic carbocycles. The smallest absolute Gasteiger partial charge is 0.150 e. The average Bonchev–Trinajstić information content (AvgIpc) is 2.55. The minimum Gasteiger partial charge on any atom is -0.324 e. The van der Waals surface area contributed by atoms with Crippen LogP contribution in [0.1, 0.15) is 24.8 Å². The first-order valence-corrected chi connectivity index (χ1v) is 7.59. The molecule has 0 atom stereocenters. The Bertz CT molecular complexity index is 557. The number of hydrogen-bond donors (Lipinski definition) is 2. The van der Waals surface area contributed by atoms with Crippen molar-refractivity contribution in [3.05, 3.63) is 42.5 Å². The van der Waals surface area contributed by atoms with E-state index in [-0.39, 0.29) is 12.4 Å². The molecular formula is C16H22ClN5. The van der Waals surface area contributed by atoms with E-state index in [0.29, 0.717) is 0 Å². The summed E-state index contributed by atoms with van der Waals surface area (Å²) in [5, 5.41) is 6.60. The van der Waals surface area contributed by atoms with Crippen LogP contribution in [-0.2, 0) is 6.42 Å². The SMILES string of the molecule is Cl.c1cnc(Nc2cc(CCC3CCNCC3)ccn2)cn1. The van der Waals surface area contributed by atoms with Gasteiger partial charge in [-0.3, -0.25) is 4.98 Å². The molecule has 0 aliphatic carbocycles. The normalized spacial score (nSPS) is 15.1. The molecule has 2 aromatic heterocycles. The number of aromatic nitrogens is 3. The molecule has 1 saturated heterocycles. The fourth-order valence-corrected chi connectivity index (χ4v) is 2.73. The molecule has 118 valence electrons. The first kappa shape index (κ1) is 16.6. The van der Waals surface area contributed by atoms with Gasteiger partial charge in [0.15, 0.2) is 0 Å². The lowest BCUT2D eigenvalue weighted by Gasteiger charge is -2.22. The quantitative estimate of drug-likeness (QED) is 0.887. The molecule has 3 heterocycles. The Labute approximate surface area is 137 Å². The van der Waals surface area contributed by atoms with E-state index in [1.165, 1.54) is 37.9 Å². The van der Waals surface area contributed by atoms with E-state index in [1.54, 1.807) is 18.6 Å². The van der Waals surface area contributed by atoms with Gasteiger partial charge in [-0.05, 0) is 62.4 Å². The molecule has 5 nitrogen and oxygen atoms in total. The number of nitrogens with one attached hydrogen (secondary N) is 2. The van der Waals surface area contributed by atoms with Gasteiger partial charge in [-0.25, -0.2) is 9.97 Å². The van der Waals surface area contributed by atoms with Gasteiger partial charge in [0.1, 0.15) is 11.6 Å². The van der Waals surface area contributed by atoms with Crippen molar-refractivity contribution in [3.8, 4) is 0 Å². The van der Waals surface area contributed by atoms with E-state index in [2.05, 4.69) is 37.7 Å². The number of halogens is 1. The van der Waals surface area contributed by atoms with Gasteiger partial charge in [-0.2, -0.15) is 0 Å². The zero-order valence-electron chi connectivity index (χ0n) is 12.5. The van der Waals surface area contributed by atoms with E-state index < -0.39 is 0 Å². The molecule has 6 heteroatoms. The fourth-order valence-electron chi connectivity index (χ4n) is 2.73. The molecule has 0 unspecified atom stereocenters. The maximum Gasteiger partial charge on any atom is 0.150 e. The second-order valence-corrected chi connectivity index (χ2v) is 5.50. The van der Waals surface area contributed by atoms with Gasteiger partial charge in [0.2, 0.25) is 0 Å². The lowest BCUT2D eigenvalue weighted by Crippen LogP contribution is -2.27. The molecule has 1 aliphatic rings. The van der Waals surface area contributed by atoms with Crippen LogP contribution in [0.5, 0.6) is 0 Å². The highest BCUT2D eigenvalue weighted by atomic mass is 35.5. The molecule has 0 radical (unpaired) electrons. The number of anilines is 2. The van der Waals surface area contributed by atoms with Gasteiger partial charge in [-0.15, -0.1) is 12.4 Å². The van der Waals surface area contributed by atoms with E-state index >= 15 is 0 Å². The number of aryl methyl sites for hydroxylation is 1. The highest BCUT2D eigenvalue weighted by Crippen LogP contribution is 2.20. The molecule has 0 bridgehead atoms. The fraction of sp³-hybridized carbons (Fsp3) is 0.438. The maximum atomic E-state index is 4.34. The number of piperidine rings is 1. The molecule has 22 heavy (non-hydrogen) atoms. The van der Waals surface area contributed by atoms with E-state index in [4.69, 9.17) is 0 Å². The largest absolute Gasteiger partial charge is 0.324 e. The summed E-state index contributed by atoms with van der Waals surface area (Å²) in [6.45, 7) is 2.33. The van der Waals surface area contributed by atoms with E-state index in [9.17, 15) is 0 Å². The van der Waals surface area contributed by atoms with Gasteiger partial charge in [0.05, 0.1) is 6.20 Å². The molecule has 0 saturated carbocycles. The molecule has 0 amide bonds.